The Kier molecular flexibility index (Phi) is 3.17. The van der Waals surface area contributed by atoms with Crippen LogP contribution in [0.5, 0.6) is 0 Å². The molecule has 4 aromatic rings. The van der Waals surface area contributed by atoms with E-state index in [4.69, 9.17) is 9.97 Å². The van der Waals surface area contributed by atoms with Crippen molar-refractivity contribution >= 4 is 10.9 Å². The lowest BCUT2D eigenvalue weighted by Gasteiger charge is -2.05. The number of rotatable bonds is 3. The topological polar surface area (TPSA) is 43.6 Å². The number of benzene rings is 2. The lowest BCUT2D eigenvalue weighted by atomic mass is 10.1. The van der Waals surface area contributed by atoms with E-state index < -0.39 is 0 Å². The molecule has 0 fully saturated rings. The van der Waals surface area contributed by atoms with Gasteiger partial charge in [-0.2, -0.15) is 0 Å². The Morgan fingerprint density at radius 2 is 1.76 bits per heavy atom. The van der Waals surface area contributed by atoms with Crippen LogP contribution in [0.3, 0.4) is 0 Å². The van der Waals surface area contributed by atoms with E-state index in [0.29, 0.717) is 0 Å². The summed E-state index contributed by atoms with van der Waals surface area (Å²) in [6, 6.07) is 16.7. The van der Waals surface area contributed by atoms with E-state index in [-0.39, 0.29) is 0 Å². The molecule has 3 heterocycles. The highest BCUT2D eigenvalue weighted by atomic mass is 15.1. The SMILES string of the molecule is Cc1nc(CCc2cn3c(n2)-c2ccccc2C3)nc2ccccc12. The molecule has 0 saturated carbocycles. The van der Waals surface area contributed by atoms with Crippen molar-refractivity contribution in [1.82, 2.24) is 19.5 Å². The van der Waals surface area contributed by atoms with Crippen LogP contribution in [0.2, 0.25) is 0 Å². The van der Waals surface area contributed by atoms with Crippen LogP contribution in [0.25, 0.3) is 22.3 Å². The van der Waals surface area contributed by atoms with E-state index in [1.54, 1.807) is 0 Å². The molecular weight excluding hydrogens is 308 g/mol. The number of nitrogens with zero attached hydrogens (tertiary/aromatic N) is 4. The largest absolute Gasteiger partial charge is 0.326 e. The van der Waals surface area contributed by atoms with Crippen molar-refractivity contribution in [1.29, 1.82) is 0 Å². The minimum atomic E-state index is 0.809. The van der Waals surface area contributed by atoms with E-state index in [1.165, 1.54) is 11.1 Å². The second-order valence-electron chi connectivity index (χ2n) is 6.58. The van der Waals surface area contributed by atoms with Crippen LogP contribution >= 0.6 is 0 Å². The minimum Gasteiger partial charge on any atom is -0.326 e. The fourth-order valence-corrected chi connectivity index (χ4v) is 3.63. The first-order valence-electron chi connectivity index (χ1n) is 8.64. The van der Waals surface area contributed by atoms with E-state index in [2.05, 4.69) is 59.1 Å². The van der Waals surface area contributed by atoms with Gasteiger partial charge in [0.15, 0.2) is 0 Å². The fraction of sp³-hybridized carbons (Fsp3) is 0.190. The summed E-state index contributed by atoms with van der Waals surface area (Å²) in [6.45, 7) is 2.97. The van der Waals surface area contributed by atoms with Gasteiger partial charge in [0.05, 0.1) is 11.2 Å². The maximum atomic E-state index is 4.84. The smallest absolute Gasteiger partial charge is 0.140 e. The molecule has 1 aliphatic heterocycles. The maximum absolute atomic E-state index is 4.84. The first-order valence-corrected chi connectivity index (χ1v) is 8.64. The minimum absolute atomic E-state index is 0.809. The number of fused-ring (bicyclic) bond motifs is 4. The summed E-state index contributed by atoms with van der Waals surface area (Å²) >= 11 is 0. The van der Waals surface area contributed by atoms with Gasteiger partial charge in [0, 0.05) is 35.8 Å². The van der Waals surface area contributed by atoms with Gasteiger partial charge in [-0.25, -0.2) is 15.0 Å². The van der Waals surface area contributed by atoms with Crippen molar-refractivity contribution < 1.29 is 0 Å². The van der Waals surface area contributed by atoms with Gasteiger partial charge < -0.3 is 4.57 Å². The zero-order chi connectivity index (χ0) is 16.8. The molecule has 2 aromatic carbocycles. The fourth-order valence-electron chi connectivity index (χ4n) is 3.63. The van der Waals surface area contributed by atoms with Crippen LogP contribution in [0, 0.1) is 6.92 Å². The third kappa shape index (κ3) is 2.41. The molecule has 2 aromatic heterocycles. The number of imidazole rings is 1. The summed E-state index contributed by atoms with van der Waals surface area (Å²) in [5.74, 6) is 1.98. The van der Waals surface area contributed by atoms with Crippen molar-refractivity contribution in [3.05, 3.63) is 77.5 Å². The molecule has 0 N–H and O–H groups in total. The first-order chi connectivity index (χ1) is 12.3. The van der Waals surface area contributed by atoms with Crippen molar-refractivity contribution in [3.8, 4) is 11.4 Å². The Balaban J connectivity index is 1.40. The monoisotopic (exact) mass is 326 g/mol. The molecule has 0 atom stereocenters. The molecular formula is C21H18N4. The molecule has 0 amide bonds. The second-order valence-corrected chi connectivity index (χ2v) is 6.58. The molecule has 0 saturated heterocycles. The summed E-state index contributed by atoms with van der Waals surface area (Å²) in [7, 11) is 0. The Morgan fingerprint density at radius 3 is 2.72 bits per heavy atom. The number of hydrogen-bond acceptors (Lipinski definition) is 3. The molecule has 0 spiro atoms. The first kappa shape index (κ1) is 14.3. The van der Waals surface area contributed by atoms with Crippen LogP contribution in [0.1, 0.15) is 22.8 Å². The highest BCUT2D eigenvalue weighted by molar-refractivity contribution is 5.80. The quantitative estimate of drug-likeness (QED) is 0.504. The van der Waals surface area contributed by atoms with Gasteiger partial charge in [0.25, 0.3) is 0 Å². The molecule has 0 aliphatic carbocycles. The van der Waals surface area contributed by atoms with Crippen molar-refractivity contribution in [2.75, 3.05) is 0 Å². The molecule has 1 aliphatic rings. The summed E-state index contributed by atoms with van der Waals surface area (Å²) in [6.07, 6.45) is 3.84. The molecule has 0 bridgehead atoms. The van der Waals surface area contributed by atoms with Gasteiger partial charge in [-0.3, -0.25) is 0 Å². The molecule has 4 heteroatoms. The molecule has 5 rings (SSSR count). The lowest BCUT2D eigenvalue weighted by molar-refractivity contribution is 0.825. The van der Waals surface area contributed by atoms with E-state index >= 15 is 0 Å². The maximum Gasteiger partial charge on any atom is 0.140 e. The average Bonchev–Trinajstić information content (AvgIpc) is 3.17. The number of aryl methyl sites for hydroxylation is 3. The summed E-state index contributed by atoms with van der Waals surface area (Å²) in [4.78, 5) is 14.2. The summed E-state index contributed by atoms with van der Waals surface area (Å²) in [5, 5.41) is 1.13. The van der Waals surface area contributed by atoms with Crippen LogP contribution in [-0.2, 0) is 19.4 Å². The van der Waals surface area contributed by atoms with Crippen LogP contribution in [0.4, 0.5) is 0 Å². The third-order valence-corrected chi connectivity index (χ3v) is 4.87. The molecule has 4 nitrogen and oxygen atoms in total. The van der Waals surface area contributed by atoms with Crippen LogP contribution in [-0.4, -0.2) is 19.5 Å². The van der Waals surface area contributed by atoms with E-state index in [0.717, 1.165) is 53.3 Å². The van der Waals surface area contributed by atoms with E-state index in [1.807, 2.05) is 12.1 Å². The average molecular weight is 326 g/mol. The molecule has 25 heavy (non-hydrogen) atoms. The van der Waals surface area contributed by atoms with Crippen molar-refractivity contribution in [2.24, 2.45) is 0 Å². The number of aromatic nitrogens is 4. The Bertz CT molecular complexity index is 1090. The zero-order valence-corrected chi connectivity index (χ0v) is 14.1. The lowest BCUT2D eigenvalue weighted by Crippen LogP contribution is -2.01. The van der Waals surface area contributed by atoms with E-state index in [9.17, 15) is 0 Å². The van der Waals surface area contributed by atoms with Crippen LogP contribution in [0.15, 0.2) is 54.7 Å². The number of hydrogen-bond donors (Lipinski definition) is 0. The molecule has 122 valence electrons. The van der Waals surface area contributed by atoms with Gasteiger partial charge in [0.2, 0.25) is 0 Å². The predicted molar refractivity (Wildman–Crippen MR) is 98.4 cm³/mol. The van der Waals surface area contributed by atoms with Gasteiger partial charge in [0.1, 0.15) is 11.6 Å². The summed E-state index contributed by atoms with van der Waals surface area (Å²) in [5.41, 5.74) is 5.78. The molecule has 0 unspecified atom stereocenters. The van der Waals surface area contributed by atoms with Gasteiger partial charge in [-0.05, 0) is 25.0 Å². The van der Waals surface area contributed by atoms with Gasteiger partial charge in [-0.1, -0.05) is 42.5 Å². The Hall–Kier alpha value is -3.01. The van der Waals surface area contributed by atoms with Gasteiger partial charge in [-0.15, -0.1) is 0 Å². The predicted octanol–water partition coefficient (Wildman–Crippen LogP) is 3.95. The zero-order valence-electron chi connectivity index (χ0n) is 14.1. The third-order valence-electron chi connectivity index (χ3n) is 4.87. The Morgan fingerprint density at radius 1 is 0.920 bits per heavy atom. The standard InChI is InChI=1S/C21H18N4/c1-14-17-7-4-5-9-19(17)24-20(22-14)11-10-16-13-25-12-15-6-2-3-8-18(15)21(25)23-16/h2-9,13H,10-12H2,1H3. The van der Waals surface area contributed by atoms with Crippen molar-refractivity contribution in [2.45, 2.75) is 26.3 Å². The second kappa shape index (κ2) is 5.52. The highest BCUT2D eigenvalue weighted by Gasteiger charge is 2.20. The van der Waals surface area contributed by atoms with Gasteiger partial charge >= 0.3 is 0 Å². The Labute approximate surface area is 146 Å². The summed E-state index contributed by atoms with van der Waals surface area (Å²) < 4.78 is 2.24. The normalized spacial score (nSPS) is 12.4. The highest BCUT2D eigenvalue weighted by Crippen LogP contribution is 2.30. The number of para-hydroxylation sites is 1. The van der Waals surface area contributed by atoms with Crippen molar-refractivity contribution in [3.63, 3.8) is 0 Å². The molecule has 0 radical (unpaired) electrons. The van der Waals surface area contributed by atoms with Crippen LogP contribution < -0.4 is 0 Å².